The molecule has 2 fully saturated rings. The summed E-state index contributed by atoms with van der Waals surface area (Å²) < 4.78 is 9.66. The predicted octanol–water partition coefficient (Wildman–Crippen LogP) is 6.80. The van der Waals surface area contributed by atoms with Gasteiger partial charge in [0, 0.05) is 68.9 Å². The highest BCUT2D eigenvalue weighted by Gasteiger charge is 2.43. The number of aromatic nitrogens is 5. The lowest BCUT2D eigenvalue weighted by Gasteiger charge is -2.35. The minimum Gasteiger partial charge on any atom is -0.361 e. The number of aryl methyl sites for hydroxylation is 2. The van der Waals surface area contributed by atoms with Crippen LogP contribution in [0.2, 0.25) is 25.7 Å². The maximum absolute atomic E-state index is 13.6. The quantitative estimate of drug-likeness (QED) is 0.0552. The maximum Gasteiger partial charge on any atom is 0.256 e. The van der Waals surface area contributed by atoms with Crippen molar-refractivity contribution in [2.24, 2.45) is 0 Å². The van der Waals surface area contributed by atoms with Crippen LogP contribution >= 0.6 is 0 Å². The molecule has 0 radical (unpaired) electrons. The predicted molar refractivity (Wildman–Crippen MR) is 236 cm³/mol. The summed E-state index contributed by atoms with van der Waals surface area (Å²) in [6.07, 6.45) is 11.7. The molecule has 2 aromatic carbocycles. The van der Waals surface area contributed by atoms with E-state index in [1.807, 2.05) is 58.7 Å². The number of hydrogen-bond acceptors (Lipinski definition) is 9. The summed E-state index contributed by atoms with van der Waals surface area (Å²) in [5, 5.41) is 8.77. The molecule has 1 unspecified atom stereocenters. The first kappa shape index (κ1) is 42.0. The van der Waals surface area contributed by atoms with Crippen LogP contribution in [0.25, 0.3) is 16.6 Å². The Balaban J connectivity index is 0.835. The van der Waals surface area contributed by atoms with Gasteiger partial charge in [-0.3, -0.25) is 33.7 Å². The third-order valence-electron chi connectivity index (χ3n) is 12.1. The second-order valence-corrected chi connectivity index (χ2v) is 23.4. The number of benzene rings is 2. The molecule has 318 valence electrons. The van der Waals surface area contributed by atoms with Gasteiger partial charge in [0.1, 0.15) is 18.6 Å². The van der Waals surface area contributed by atoms with Crippen LogP contribution in [0.1, 0.15) is 101 Å². The summed E-state index contributed by atoms with van der Waals surface area (Å²) in [6.45, 7) is 11.2. The van der Waals surface area contributed by atoms with Crippen molar-refractivity contribution < 1.29 is 23.9 Å². The van der Waals surface area contributed by atoms with E-state index in [0.717, 1.165) is 83.8 Å². The molecule has 4 amide bonds. The molecule has 3 aromatic heterocycles. The highest BCUT2D eigenvalue weighted by molar-refractivity contribution is 6.76. The van der Waals surface area contributed by atoms with E-state index in [1.165, 1.54) is 4.90 Å². The number of nitrogens with zero attached hydrogens (tertiary/aromatic N) is 8. The molecule has 0 spiro atoms. The number of imidazole rings is 1. The van der Waals surface area contributed by atoms with E-state index in [2.05, 4.69) is 53.7 Å². The molecule has 61 heavy (non-hydrogen) atoms. The van der Waals surface area contributed by atoms with E-state index in [0.29, 0.717) is 49.0 Å². The molecule has 1 N–H and O–H groups in total. The average Bonchev–Trinajstić information content (AvgIpc) is 4.01. The Morgan fingerprint density at radius 1 is 1.03 bits per heavy atom. The monoisotopic (exact) mass is 841 g/mol. The average molecular weight is 842 g/mol. The molecule has 2 atom stereocenters. The highest BCUT2D eigenvalue weighted by atomic mass is 28.3. The van der Waals surface area contributed by atoms with Crippen LogP contribution in [0.5, 0.6) is 0 Å². The Morgan fingerprint density at radius 2 is 1.89 bits per heavy atom. The molecule has 5 aromatic rings. The van der Waals surface area contributed by atoms with Crippen LogP contribution in [-0.2, 0) is 27.4 Å². The largest absolute Gasteiger partial charge is 0.361 e. The number of ether oxygens (including phenoxy) is 1. The van der Waals surface area contributed by atoms with E-state index in [-0.39, 0.29) is 43.3 Å². The van der Waals surface area contributed by atoms with Crippen molar-refractivity contribution >= 4 is 54.1 Å². The van der Waals surface area contributed by atoms with Gasteiger partial charge in [-0.05, 0) is 88.5 Å². The first-order valence-corrected chi connectivity index (χ1v) is 25.2. The fourth-order valence-corrected chi connectivity index (χ4v) is 9.34. The van der Waals surface area contributed by atoms with Crippen LogP contribution in [0.15, 0.2) is 55.0 Å². The first-order valence-electron chi connectivity index (χ1n) is 21.5. The molecule has 14 nitrogen and oxygen atoms in total. The van der Waals surface area contributed by atoms with Gasteiger partial charge in [0.15, 0.2) is 5.65 Å². The van der Waals surface area contributed by atoms with Gasteiger partial charge in [0.2, 0.25) is 5.91 Å². The second-order valence-electron chi connectivity index (χ2n) is 17.8. The van der Waals surface area contributed by atoms with Crippen molar-refractivity contribution in [3.05, 3.63) is 88.6 Å². The molecule has 3 aliphatic heterocycles. The number of nitrogens with one attached hydrogen (secondary N) is 1. The number of piperidine rings is 1. The van der Waals surface area contributed by atoms with Gasteiger partial charge in [-0.2, -0.15) is 5.10 Å². The van der Waals surface area contributed by atoms with Crippen molar-refractivity contribution in [2.75, 3.05) is 32.2 Å². The van der Waals surface area contributed by atoms with Crippen molar-refractivity contribution in [2.45, 2.75) is 109 Å². The number of anilines is 1. The van der Waals surface area contributed by atoms with Crippen molar-refractivity contribution in [3.8, 4) is 11.8 Å². The van der Waals surface area contributed by atoms with Crippen LogP contribution in [0.3, 0.4) is 0 Å². The van der Waals surface area contributed by atoms with Crippen molar-refractivity contribution in [3.63, 3.8) is 0 Å². The Hall–Kier alpha value is -5.69. The fourth-order valence-electron chi connectivity index (χ4n) is 8.58. The topological polar surface area (TPSA) is 147 Å². The van der Waals surface area contributed by atoms with Crippen molar-refractivity contribution in [1.29, 1.82) is 0 Å². The number of carbonyl (C=O) groups is 4. The number of imide groups is 1. The lowest BCUT2D eigenvalue weighted by molar-refractivity contribution is -0.158. The lowest BCUT2D eigenvalue weighted by Crippen LogP contribution is -2.55. The van der Waals surface area contributed by atoms with E-state index in [4.69, 9.17) is 14.8 Å². The Morgan fingerprint density at radius 3 is 2.69 bits per heavy atom. The molecule has 0 bridgehead atoms. The van der Waals surface area contributed by atoms with Gasteiger partial charge >= 0.3 is 0 Å². The van der Waals surface area contributed by atoms with Crippen LogP contribution < -0.4 is 5.32 Å². The van der Waals surface area contributed by atoms with Gasteiger partial charge in [-0.25, -0.2) is 9.97 Å². The second kappa shape index (κ2) is 17.7. The first-order chi connectivity index (χ1) is 29.3. The number of amides is 4. The third-order valence-corrected chi connectivity index (χ3v) is 13.8. The van der Waals surface area contributed by atoms with Crippen LogP contribution in [0, 0.1) is 18.8 Å². The zero-order valence-corrected chi connectivity index (χ0v) is 36.9. The summed E-state index contributed by atoms with van der Waals surface area (Å²) in [5.74, 6) is 5.98. The van der Waals surface area contributed by atoms with Gasteiger partial charge in [0.25, 0.3) is 17.7 Å². The summed E-state index contributed by atoms with van der Waals surface area (Å²) in [7, 11) is 0.807. The van der Waals surface area contributed by atoms with Crippen molar-refractivity contribution in [1.82, 2.24) is 38.8 Å². The Kier molecular flexibility index (Phi) is 12.2. The number of carbonyl (C=O) groups excluding carboxylic acids is 4. The standard InChI is InChI=1S/C46H55N9O5Si/c1-31-34-18-17-33(44(57)49-41-29-52-28-37(48-42(52)26-47-41)38-16-12-21-51(38)2)25-40(34)55(50-31)22-10-8-6-7-9-13-32-14-11-15-35-36(32)27-53(45(35)58)39-19-20-43(56)54(46(39)59)30-60-23-24-61(3,4)5/h11,14-15,17-18,25-26,28-29,38-39H,6-8,10,12,16,19-24,27,30H2,1-5H3,(H,49,57)/t38-,39?/m1/s1. The molecule has 0 aliphatic carbocycles. The maximum atomic E-state index is 13.6. The van der Waals surface area contributed by atoms with Crippen LogP contribution in [0.4, 0.5) is 5.82 Å². The van der Waals surface area contributed by atoms with E-state index >= 15 is 0 Å². The van der Waals surface area contributed by atoms with Gasteiger partial charge in [-0.15, -0.1) is 0 Å². The number of fused-ring (bicyclic) bond motifs is 3. The summed E-state index contributed by atoms with van der Waals surface area (Å²) >= 11 is 0. The van der Waals surface area contributed by atoms with Gasteiger partial charge in [0.05, 0.1) is 35.3 Å². The van der Waals surface area contributed by atoms with E-state index in [9.17, 15) is 19.2 Å². The zero-order valence-electron chi connectivity index (χ0n) is 35.9. The number of unbranched alkanes of at least 4 members (excludes halogenated alkanes) is 3. The number of hydrogen-bond donors (Lipinski definition) is 1. The molecule has 6 heterocycles. The SMILES string of the molecule is Cc1nn(CCCCCC#Cc2cccc3c2CN(C2CCC(=O)N(COCC[Si](C)(C)C)C2=O)C3=O)c2cc(C(=O)Nc3cn4cc([C@H]5CCCN5C)nc4cn3)ccc12. The number of rotatable bonds is 14. The number of likely N-dealkylation sites (tertiary alicyclic amines) is 2. The highest BCUT2D eigenvalue weighted by Crippen LogP contribution is 2.32. The third kappa shape index (κ3) is 9.17. The lowest BCUT2D eigenvalue weighted by atomic mass is 10.0. The Labute approximate surface area is 357 Å². The van der Waals surface area contributed by atoms with E-state index in [1.54, 1.807) is 17.2 Å². The molecule has 15 heteroatoms. The molecule has 0 saturated carbocycles. The molecular weight excluding hydrogens is 787 g/mol. The van der Waals surface area contributed by atoms with Gasteiger partial charge < -0.3 is 19.4 Å². The van der Waals surface area contributed by atoms with Gasteiger partial charge in [-0.1, -0.05) is 50.0 Å². The summed E-state index contributed by atoms with van der Waals surface area (Å²) in [5.41, 5.74) is 6.30. The minimum atomic E-state index is -1.32. The summed E-state index contributed by atoms with van der Waals surface area (Å²) in [6, 6.07) is 11.8. The fraction of sp³-hybridized carbons (Fsp3) is 0.457. The minimum absolute atomic E-state index is 0.0777. The molecule has 3 aliphatic rings. The molecular formula is C46H55N9O5Si. The normalized spacial score (nSPS) is 18.3. The van der Waals surface area contributed by atoms with E-state index < -0.39 is 14.1 Å². The zero-order chi connectivity index (χ0) is 42.8. The van der Waals surface area contributed by atoms with Crippen LogP contribution in [-0.4, -0.2) is 104 Å². The molecule has 2 saturated heterocycles. The Bertz CT molecular complexity index is 2560. The smallest absolute Gasteiger partial charge is 0.256 e. The molecule has 8 rings (SSSR count). The summed E-state index contributed by atoms with van der Waals surface area (Å²) in [4.78, 5) is 67.5.